The lowest BCUT2D eigenvalue weighted by Crippen LogP contribution is -2.38. The highest BCUT2D eigenvalue weighted by molar-refractivity contribution is 7.92. The summed E-state index contributed by atoms with van der Waals surface area (Å²) in [5.74, 6) is -1.96. The number of benzene rings is 3. The Balaban J connectivity index is 2.05. The normalized spacial score (nSPS) is 10.8. The molecule has 3 aromatic carbocycles. The Morgan fingerprint density at radius 3 is 2.18 bits per heavy atom. The van der Waals surface area contributed by atoms with E-state index in [0.29, 0.717) is 0 Å². The van der Waals surface area contributed by atoms with Crippen LogP contribution in [0.2, 0.25) is 0 Å². The minimum atomic E-state index is -4.23. The Bertz CT molecular complexity index is 1440. The average Bonchev–Trinajstić information content (AvgIpc) is 2.91. The summed E-state index contributed by atoms with van der Waals surface area (Å²) >= 11 is 0. The molecule has 3 aromatic rings. The van der Waals surface area contributed by atoms with E-state index >= 15 is 0 Å². The summed E-state index contributed by atoms with van der Waals surface area (Å²) in [7, 11) is -1.87. The van der Waals surface area contributed by atoms with Crippen molar-refractivity contribution in [3.63, 3.8) is 0 Å². The van der Waals surface area contributed by atoms with Gasteiger partial charge in [-0.2, -0.15) is 0 Å². The van der Waals surface area contributed by atoms with E-state index < -0.39 is 34.4 Å². The number of anilines is 2. The number of para-hydroxylation sites is 2. The van der Waals surface area contributed by atoms with Gasteiger partial charge in [-0.05, 0) is 56.3 Å². The number of hydrogen-bond donors (Lipinski definition) is 1. The molecule has 0 spiro atoms. The lowest BCUT2D eigenvalue weighted by atomic mass is 10.1. The molecule has 11 heteroatoms. The largest absolute Gasteiger partial charge is 0.492 e. The van der Waals surface area contributed by atoms with Crippen LogP contribution in [0.5, 0.6) is 5.75 Å². The fourth-order valence-corrected chi connectivity index (χ4v) is 5.01. The molecule has 1 N–H and O–H groups in total. The van der Waals surface area contributed by atoms with Crippen LogP contribution in [0.1, 0.15) is 33.2 Å². The molecule has 0 saturated heterocycles. The number of methoxy groups -OCH3 is 2. The summed E-state index contributed by atoms with van der Waals surface area (Å²) in [5.41, 5.74) is 1.01. The zero-order chi connectivity index (χ0) is 27.9. The Kier molecular flexibility index (Phi) is 9.08. The molecule has 200 valence electrons. The van der Waals surface area contributed by atoms with E-state index in [1.165, 1.54) is 50.6 Å². The summed E-state index contributed by atoms with van der Waals surface area (Å²) in [6, 6.07) is 16.6. The summed E-state index contributed by atoms with van der Waals surface area (Å²) in [6.45, 7) is 3.19. The van der Waals surface area contributed by atoms with Gasteiger partial charge >= 0.3 is 11.9 Å². The molecule has 0 heterocycles. The quantitative estimate of drug-likeness (QED) is 0.385. The van der Waals surface area contributed by atoms with Gasteiger partial charge in [-0.3, -0.25) is 9.10 Å². The van der Waals surface area contributed by atoms with Gasteiger partial charge in [-0.15, -0.1) is 0 Å². The van der Waals surface area contributed by atoms with E-state index in [2.05, 4.69) is 5.32 Å². The minimum Gasteiger partial charge on any atom is -0.492 e. The summed E-state index contributed by atoms with van der Waals surface area (Å²) in [5, 5.41) is 2.54. The first kappa shape index (κ1) is 28.2. The Hall–Kier alpha value is -4.38. The van der Waals surface area contributed by atoms with Crippen LogP contribution in [0.15, 0.2) is 71.6 Å². The topological polar surface area (TPSA) is 128 Å². The molecular weight excluding hydrogens is 512 g/mol. The van der Waals surface area contributed by atoms with Crippen molar-refractivity contribution in [1.82, 2.24) is 0 Å². The number of aryl methyl sites for hydroxylation is 1. The third-order valence-electron chi connectivity index (χ3n) is 5.45. The molecule has 0 saturated carbocycles. The Morgan fingerprint density at radius 1 is 0.895 bits per heavy atom. The Morgan fingerprint density at radius 2 is 1.55 bits per heavy atom. The zero-order valence-corrected chi connectivity index (χ0v) is 22.2. The third kappa shape index (κ3) is 6.30. The van der Waals surface area contributed by atoms with Crippen molar-refractivity contribution < 1.29 is 37.0 Å². The first-order valence-electron chi connectivity index (χ1n) is 11.5. The van der Waals surface area contributed by atoms with E-state index in [4.69, 9.17) is 14.2 Å². The lowest BCUT2D eigenvalue weighted by molar-refractivity contribution is -0.114. The second-order valence-electron chi connectivity index (χ2n) is 8.02. The number of amides is 1. The number of nitrogens with zero attached hydrogens (tertiary/aromatic N) is 1. The zero-order valence-electron chi connectivity index (χ0n) is 21.4. The number of sulfonamides is 1. The highest BCUT2D eigenvalue weighted by Crippen LogP contribution is 2.33. The summed E-state index contributed by atoms with van der Waals surface area (Å²) < 4.78 is 43.5. The van der Waals surface area contributed by atoms with Gasteiger partial charge in [0.2, 0.25) is 5.91 Å². The number of hydrogen-bond acceptors (Lipinski definition) is 8. The van der Waals surface area contributed by atoms with Crippen molar-refractivity contribution in [2.45, 2.75) is 18.7 Å². The fraction of sp³-hybridized carbons (Fsp3) is 0.222. The van der Waals surface area contributed by atoms with E-state index in [-0.39, 0.29) is 39.8 Å². The smallest absolute Gasteiger partial charge is 0.339 e. The van der Waals surface area contributed by atoms with Gasteiger partial charge in [0.1, 0.15) is 12.3 Å². The van der Waals surface area contributed by atoms with Crippen molar-refractivity contribution in [2.24, 2.45) is 0 Å². The SMILES string of the molecule is CCOc1ccccc1N(CC(=O)Nc1cc(C(=O)OC)ccc1C(=O)OC)S(=O)(=O)c1ccc(C)cc1. The highest BCUT2D eigenvalue weighted by atomic mass is 32.2. The maximum absolute atomic E-state index is 13.7. The van der Waals surface area contributed by atoms with Crippen LogP contribution in [-0.2, 0) is 24.3 Å². The van der Waals surface area contributed by atoms with Gasteiger partial charge in [-0.1, -0.05) is 29.8 Å². The van der Waals surface area contributed by atoms with E-state index in [1.807, 2.05) is 6.92 Å². The molecule has 0 atom stereocenters. The molecule has 0 aromatic heterocycles. The van der Waals surface area contributed by atoms with Gasteiger partial charge in [-0.25, -0.2) is 18.0 Å². The molecular formula is C27H28N2O8S. The van der Waals surface area contributed by atoms with E-state index in [1.54, 1.807) is 37.3 Å². The lowest BCUT2D eigenvalue weighted by Gasteiger charge is -2.26. The van der Waals surface area contributed by atoms with Crippen molar-refractivity contribution in [3.05, 3.63) is 83.4 Å². The van der Waals surface area contributed by atoms with E-state index in [0.717, 1.165) is 9.87 Å². The number of esters is 2. The van der Waals surface area contributed by atoms with Crippen molar-refractivity contribution in [1.29, 1.82) is 0 Å². The van der Waals surface area contributed by atoms with Gasteiger partial charge in [0.25, 0.3) is 10.0 Å². The maximum atomic E-state index is 13.7. The minimum absolute atomic E-state index is 0.0230. The predicted molar refractivity (Wildman–Crippen MR) is 141 cm³/mol. The highest BCUT2D eigenvalue weighted by Gasteiger charge is 2.30. The van der Waals surface area contributed by atoms with Crippen LogP contribution in [0.3, 0.4) is 0 Å². The first-order chi connectivity index (χ1) is 18.1. The number of ether oxygens (including phenoxy) is 3. The molecule has 0 aliphatic heterocycles. The third-order valence-corrected chi connectivity index (χ3v) is 7.22. The van der Waals surface area contributed by atoms with Gasteiger partial charge in [0, 0.05) is 0 Å². The number of rotatable bonds is 10. The van der Waals surface area contributed by atoms with Crippen molar-refractivity contribution >= 4 is 39.2 Å². The fourth-order valence-electron chi connectivity index (χ4n) is 3.58. The molecule has 0 radical (unpaired) electrons. The molecule has 0 bridgehead atoms. The first-order valence-corrected chi connectivity index (χ1v) is 13.0. The molecule has 0 aliphatic carbocycles. The van der Waals surface area contributed by atoms with Gasteiger partial charge < -0.3 is 19.5 Å². The molecule has 0 fully saturated rings. The van der Waals surface area contributed by atoms with Crippen LogP contribution in [0.25, 0.3) is 0 Å². The molecule has 38 heavy (non-hydrogen) atoms. The monoisotopic (exact) mass is 540 g/mol. The molecule has 0 aliphatic rings. The van der Waals surface area contributed by atoms with Gasteiger partial charge in [0.15, 0.2) is 0 Å². The molecule has 1 amide bonds. The van der Waals surface area contributed by atoms with Crippen LogP contribution >= 0.6 is 0 Å². The van der Waals surface area contributed by atoms with E-state index in [9.17, 15) is 22.8 Å². The van der Waals surface area contributed by atoms with Crippen molar-refractivity contribution in [2.75, 3.05) is 37.0 Å². The molecule has 0 unspecified atom stereocenters. The van der Waals surface area contributed by atoms with Gasteiger partial charge in [0.05, 0.1) is 48.2 Å². The van der Waals surface area contributed by atoms with Crippen LogP contribution in [-0.4, -0.2) is 53.6 Å². The molecule has 10 nitrogen and oxygen atoms in total. The number of carbonyl (C=O) groups excluding carboxylic acids is 3. The summed E-state index contributed by atoms with van der Waals surface area (Å²) in [6.07, 6.45) is 0. The summed E-state index contributed by atoms with van der Waals surface area (Å²) in [4.78, 5) is 37.6. The van der Waals surface area contributed by atoms with Crippen LogP contribution in [0.4, 0.5) is 11.4 Å². The average molecular weight is 541 g/mol. The van der Waals surface area contributed by atoms with Crippen molar-refractivity contribution in [3.8, 4) is 5.75 Å². The van der Waals surface area contributed by atoms with Crippen LogP contribution < -0.4 is 14.4 Å². The van der Waals surface area contributed by atoms with Crippen LogP contribution in [0, 0.1) is 6.92 Å². The number of nitrogens with one attached hydrogen (secondary N) is 1. The second-order valence-corrected chi connectivity index (χ2v) is 9.88. The Labute approximate surface area is 221 Å². The second kappa shape index (κ2) is 12.2. The standard InChI is InChI=1S/C27H28N2O8S/c1-5-37-24-9-7-6-8-23(24)29(38(33,34)20-13-10-18(2)11-14-20)17-25(30)28-22-16-19(26(31)35-3)12-15-21(22)27(32)36-4/h6-16H,5,17H2,1-4H3,(H,28,30). The predicted octanol–water partition coefficient (Wildman–Crippen LogP) is 3.80. The molecule has 3 rings (SSSR count). The number of carbonyl (C=O) groups is 3. The maximum Gasteiger partial charge on any atom is 0.339 e.